The molecular weight excluding hydrogens is 200 g/mol. The van der Waals surface area contributed by atoms with Crippen molar-refractivity contribution in [3.8, 4) is 5.75 Å². The molecule has 0 heterocycles. The van der Waals surface area contributed by atoms with Crippen molar-refractivity contribution in [3.63, 3.8) is 0 Å². The SMILES string of the molecule is NCC(=O)Nc1ccc(O)cc1C(=O)O. The minimum atomic E-state index is -1.24. The number of aromatic carboxylic acids is 1. The van der Waals surface area contributed by atoms with Gasteiger partial charge in [-0.05, 0) is 18.2 Å². The molecule has 0 spiro atoms. The number of carboxylic acid groups (broad SMARTS) is 1. The molecule has 0 aliphatic carbocycles. The van der Waals surface area contributed by atoms with E-state index in [0.29, 0.717) is 0 Å². The fourth-order valence-corrected chi connectivity index (χ4v) is 1.02. The third-order valence-electron chi connectivity index (χ3n) is 1.69. The van der Waals surface area contributed by atoms with Gasteiger partial charge in [-0.2, -0.15) is 0 Å². The number of hydrogen-bond acceptors (Lipinski definition) is 4. The Morgan fingerprint density at radius 1 is 1.40 bits per heavy atom. The Bertz CT molecular complexity index is 403. The number of nitrogens with two attached hydrogens (primary N) is 1. The molecule has 0 bridgehead atoms. The van der Waals surface area contributed by atoms with Crippen molar-refractivity contribution in [2.45, 2.75) is 0 Å². The quantitative estimate of drug-likeness (QED) is 0.524. The molecule has 0 saturated carbocycles. The summed E-state index contributed by atoms with van der Waals surface area (Å²) in [4.78, 5) is 21.7. The summed E-state index contributed by atoms with van der Waals surface area (Å²) < 4.78 is 0. The van der Waals surface area contributed by atoms with Gasteiger partial charge in [-0.1, -0.05) is 0 Å². The molecule has 0 saturated heterocycles. The number of carbonyl (C=O) groups excluding carboxylic acids is 1. The number of phenolic OH excluding ortho intramolecular Hbond substituents is 1. The van der Waals surface area contributed by atoms with Gasteiger partial charge in [-0.25, -0.2) is 4.79 Å². The molecule has 0 aliphatic heterocycles. The summed E-state index contributed by atoms with van der Waals surface area (Å²) in [6.45, 7) is -0.236. The number of hydrogen-bond donors (Lipinski definition) is 4. The Balaban J connectivity index is 3.06. The molecule has 0 unspecified atom stereocenters. The van der Waals surface area contributed by atoms with E-state index in [1.165, 1.54) is 12.1 Å². The third-order valence-corrected chi connectivity index (χ3v) is 1.69. The van der Waals surface area contributed by atoms with Crippen molar-refractivity contribution < 1.29 is 19.8 Å². The zero-order valence-electron chi connectivity index (χ0n) is 7.73. The second-order valence-corrected chi connectivity index (χ2v) is 2.79. The highest BCUT2D eigenvalue weighted by atomic mass is 16.4. The highest BCUT2D eigenvalue weighted by molar-refractivity contribution is 6.01. The summed E-state index contributed by atoms with van der Waals surface area (Å²) in [7, 11) is 0. The van der Waals surface area contributed by atoms with E-state index in [1.807, 2.05) is 0 Å². The van der Waals surface area contributed by atoms with Crippen LogP contribution in [0.5, 0.6) is 5.75 Å². The van der Waals surface area contributed by atoms with E-state index in [1.54, 1.807) is 0 Å². The van der Waals surface area contributed by atoms with Crippen LogP contribution in [0.15, 0.2) is 18.2 Å². The Morgan fingerprint density at radius 3 is 2.60 bits per heavy atom. The summed E-state index contributed by atoms with van der Waals surface area (Å²) in [5.41, 5.74) is 4.99. The highest BCUT2D eigenvalue weighted by Crippen LogP contribution is 2.21. The molecule has 1 amide bonds. The molecule has 0 atom stereocenters. The molecule has 0 fully saturated rings. The monoisotopic (exact) mass is 210 g/mol. The highest BCUT2D eigenvalue weighted by Gasteiger charge is 2.12. The number of phenols is 1. The normalized spacial score (nSPS) is 9.67. The van der Waals surface area contributed by atoms with Crippen molar-refractivity contribution in [3.05, 3.63) is 23.8 Å². The Kier molecular flexibility index (Phi) is 3.25. The van der Waals surface area contributed by atoms with Crippen LogP contribution in [-0.4, -0.2) is 28.6 Å². The van der Waals surface area contributed by atoms with Crippen LogP contribution in [-0.2, 0) is 4.79 Å². The molecule has 6 nitrogen and oxygen atoms in total. The van der Waals surface area contributed by atoms with Crippen LogP contribution in [0, 0.1) is 0 Å². The number of aromatic hydroxyl groups is 1. The Hall–Kier alpha value is -2.08. The van der Waals surface area contributed by atoms with Gasteiger partial charge in [0.25, 0.3) is 0 Å². The molecule has 6 heteroatoms. The maximum Gasteiger partial charge on any atom is 0.337 e. The standard InChI is InChI=1S/C9H10N2O4/c10-4-8(13)11-7-2-1-5(12)3-6(7)9(14)15/h1-3,12H,4,10H2,(H,11,13)(H,14,15). The van der Waals surface area contributed by atoms with E-state index >= 15 is 0 Å². The van der Waals surface area contributed by atoms with Crippen LogP contribution < -0.4 is 11.1 Å². The minimum absolute atomic E-state index is 0.107. The van der Waals surface area contributed by atoms with Crippen LogP contribution in [0.1, 0.15) is 10.4 Å². The van der Waals surface area contributed by atoms with E-state index in [0.717, 1.165) is 6.07 Å². The van der Waals surface area contributed by atoms with Gasteiger partial charge >= 0.3 is 5.97 Å². The number of carbonyl (C=O) groups is 2. The molecule has 1 aromatic carbocycles. The van der Waals surface area contributed by atoms with Gasteiger partial charge in [-0.3, -0.25) is 4.79 Å². The second-order valence-electron chi connectivity index (χ2n) is 2.79. The predicted molar refractivity (Wildman–Crippen MR) is 52.8 cm³/mol. The van der Waals surface area contributed by atoms with Gasteiger partial charge in [0.2, 0.25) is 5.91 Å². The Morgan fingerprint density at radius 2 is 2.07 bits per heavy atom. The molecular formula is C9H10N2O4. The van der Waals surface area contributed by atoms with Crippen molar-refractivity contribution in [2.75, 3.05) is 11.9 Å². The van der Waals surface area contributed by atoms with Gasteiger partial charge in [-0.15, -0.1) is 0 Å². The first kappa shape index (κ1) is 11.0. The molecule has 1 aromatic rings. The van der Waals surface area contributed by atoms with Crippen LogP contribution in [0.3, 0.4) is 0 Å². The average Bonchev–Trinajstić information content (AvgIpc) is 2.20. The first-order chi connectivity index (χ1) is 7.04. The van der Waals surface area contributed by atoms with Gasteiger partial charge in [0, 0.05) is 0 Å². The van der Waals surface area contributed by atoms with E-state index in [2.05, 4.69) is 5.32 Å². The molecule has 80 valence electrons. The lowest BCUT2D eigenvalue weighted by molar-refractivity contribution is -0.114. The lowest BCUT2D eigenvalue weighted by Crippen LogP contribution is -2.23. The van der Waals surface area contributed by atoms with Crippen molar-refractivity contribution in [1.29, 1.82) is 0 Å². The number of benzene rings is 1. The topological polar surface area (TPSA) is 113 Å². The summed E-state index contributed by atoms with van der Waals surface area (Å²) in [6, 6.07) is 3.62. The van der Waals surface area contributed by atoms with Gasteiger partial charge in [0.05, 0.1) is 17.8 Å². The average molecular weight is 210 g/mol. The van der Waals surface area contributed by atoms with Crippen LogP contribution in [0.25, 0.3) is 0 Å². The van der Waals surface area contributed by atoms with Crippen LogP contribution in [0.2, 0.25) is 0 Å². The number of amides is 1. The summed E-state index contributed by atoms with van der Waals surface area (Å²) in [6.07, 6.45) is 0. The number of anilines is 1. The first-order valence-electron chi connectivity index (χ1n) is 4.11. The molecule has 0 aromatic heterocycles. The van der Waals surface area contributed by atoms with Crippen molar-refractivity contribution in [1.82, 2.24) is 0 Å². The molecule has 0 aliphatic rings. The van der Waals surface area contributed by atoms with Crippen molar-refractivity contribution >= 4 is 17.6 Å². The lowest BCUT2D eigenvalue weighted by atomic mass is 10.1. The maximum absolute atomic E-state index is 10.9. The fourth-order valence-electron chi connectivity index (χ4n) is 1.02. The predicted octanol–water partition coefficient (Wildman–Crippen LogP) is -0.0124. The van der Waals surface area contributed by atoms with Crippen LogP contribution >= 0.6 is 0 Å². The Labute approximate surface area is 85.3 Å². The summed E-state index contributed by atoms with van der Waals surface area (Å²) >= 11 is 0. The van der Waals surface area contributed by atoms with E-state index in [-0.39, 0.29) is 23.5 Å². The van der Waals surface area contributed by atoms with E-state index in [9.17, 15) is 9.59 Å². The maximum atomic E-state index is 10.9. The number of carboxylic acids is 1. The zero-order valence-corrected chi connectivity index (χ0v) is 7.73. The molecule has 0 radical (unpaired) electrons. The summed E-state index contributed by atoms with van der Waals surface area (Å²) in [5, 5.41) is 20.2. The minimum Gasteiger partial charge on any atom is -0.508 e. The third kappa shape index (κ3) is 2.68. The van der Waals surface area contributed by atoms with E-state index in [4.69, 9.17) is 15.9 Å². The smallest absolute Gasteiger partial charge is 0.337 e. The zero-order chi connectivity index (χ0) is 11.4. The molecule has 5 N–H and O–H groups in total. The summed E-state index contributed by atoms with van der Waals surface area (Å²) in [5.74, 6) is -1.92. The number of nitrogens with one attached hydrogen (secondary N) is 1. The van der Waals surface area contributed by atoms with E-state index < -0.39 is 11.9 Å². The lowest BCUT2D eigenvalue weighted by Gasteiger charge is -2.07. The fraction of sp³-hybridized carbons (Fsp3) is 0.111. The van der Waals surface area contributed by atoms with Crippen molar-refractivity contribution in [2.24, 2.45) is 5.73 Å². The van der Waals surface area contributed by atoms with Gasteiger partial charge in [0.15, 0.2) is 0 Å². The first-order valence-corrected chi connectivity index (χ1v) is 4.11. The largest absolute Gasteiger partial charge is 0.508 e. The molecule has 1 rings (SSSR count). The van der Waals surface area contributed by atoms with Crippen LogP contribution in [0.4, 0.5) is 5.69 Å². The number of rotatable bonds is 3. The molecule has 15 heavy (non-hydrogen) atoms. The van der Waals surface area contributed by atoms with Gasteiger partial charge in [0.1, 0.15) is 5.75 Å². The van der Waals surface area contributed by atoms with Gasteiger partial charge < -0.3 is 21.3 Å². The second kappa shape index (κ2) is 4.43.